The number of benzene rings is 6. The quantitative estimate of drug-likeness (QED) is 0.225. The second kappa shape index (κ2) is 10.0. The first kappa shape index (κ1) is 24.1. The van der Waals surface area contributed by atoms with Crippen LogP contribution in [0.15, 0.2) is 146 Å². The molecule has 42 heavy (non-hydrogen) atoms. The highest BCUT2D eigenvalue weighted by Crippen LogP contribution is 2.37. The Kier molecular flexibility index (Phi) is 5.75. The Morgan fingerprint density at radius 1 is 0.357 bits per heavy atom. The van der Waals surface area contributed by atoms with E-state index in [0.29, 0.717) is 17.5 Å². The maximum Gasteiger partial charge on any atom is 0.183 e. The van der Waals surface area contributed by atoms with Gasteiger partial charge in [-0.2, -0.15) is 0 Å². The Balaban J connectivity index is 1.36. The van der Waals surface area contributed by atoms with Crippen LogP contribution in [-0.4, -0.2) is 19.9 Å². The minimum absolute atomic E-state index is 0.549. The van der Waals surface area contributed by atoms with E-state index in [1.165, 1.54) is 16.2 Å². The van der Waals surface area contributed by atoms with Gasteiger partial charge in [-0.05, 0) is 38.6 Å². The second-order valence-electron chi connectivity index (χ2n) is 10.3. The molecule has 8 rings (SSSR count). The first-order valence-corrected chi connectivity index (χ1v) is 14.0. The van der Waals surface area contributed by atoms with Crippen molar-refractivity contribution in [2.75, 3.05) is 0 Å². The predicted molar refractivity (Wildman–Crippen MR) is 172 cm³/mol. The van der Waals surface area contributed by atoms with Crippen LogP contribution in [0.1, 0.15) is 0 Å². The van der Waals surface area contributed by atoms with Gasteiger partial charge in [0.2, 0.25) is 0 Å². The molecular formula is C38H24N4. The van der Waals surface area contributed by atoms with E-state index in [2.05, 4.69) is 97.1 Å². The molecule has 0 bridgehead atoms. The Morgan fingerprint density at radius 3 is 1.81 bits per heavy atom. The van der Waals surface area contributed by atoms with Crippen LogP contribution in [0, 0.1) is 0 Å². The van der Waals surface area contributed by atoms with Gasteiger partial charge in [0.25, 0.3) is 0 Å². The fraction of sp³-hybridized carbons (Fsp3) is 0. The average Bonchev–Trinajstić information content (AvgIpc) is 3.07. The summed E-state index contributed by atoms with van der Waals surface area (Å²) in [4.78, 5) is 20.0. The molecule has 0 amide bonds. The van der Waals surface area contributed by atoms with Crippen LogP contribution in [0.5, 0.6) is 0 Å². The van der Waals surface area contributed by atoms with Crippen molar-refractivity contribution < 1.29 is 0 Å². The molecule has 4 nitrogen and oxygen atoms in total. The molecule has 0 aliphatic rings. The molecule has 0 unspecified atom stereocenters. The molecule has 196 valence electrons. The van der Waals surface area contributed by atoms with Gasteiger partial charge in [0, 0.05) is 28.3 Å². The van der Waals surface area contributed by atoms with Crippen LogP contribution in [-0.2, 0) is 0 Å². The minimum Gasteiger partial charge on any atom is -0.252 e. The Hall–Kier alpha value is -5.74. The summed E-state index contributed by atoms with van der Waals surface area (Å²) < 4.78 is 0. The van der Waals surface area contributed by atoms with Crippen molar-refractivity contribution in [2.24, 2.45) is 0 Å². The van der Waals surface area contributed by atoms with E-state index < -0.39 is 0 Å². The van der Waals surface area contributed by atoms with Crippen LogP contribution in [0.4, 0.5) is 0 Å². The predicted octanol–water partition coefficient (Wildman–Crippen LogP) is 9.39. The minimum atomic E-state index is 0.549. The fourth-order valence-corrected chi connectivity index (χ4v) is 5.70. The molecule has 0 saturated carbocycles. The molecule has 0 radical (unpaired) electrons. The van der Waals surface area contributed by atoms with Gasteiger partial charge in [-0.25, -0.2) is 15.0 Å². The largest absolute Gasteiger partial charge is 0.252 e. The van der Waals surface area contributed by atoms with Crippen molar-refractivity contribution in [3.8, 4) is 45.4 Å². The Bertz CT molecular complexity index is 2250. The standard InChI is InChI=1S/C38H24N4/c1-2-13-27(14-3-1)36-40-37(29-22-21-25-11-4-5-15-28(25)23-29)42-38(41-36)35-33-19-9-8-18-32(33)34(24-39-35)31-20-10-16-26-12-6-7-17-30(26)31/h1-24H. The van der Waals surface area contributed by atoms with Crippen molar-refractivity contribution in [2.45, 2.75) is 0 Å². The van der Waals surface area contributed by atoms with E-state index >= 15 is 0 Å². The lowest BCUT2D eigenvalue weighted by Crippen LogP contribution is -2.02. The molecular weight excluding hydrogens is 512 g/mol. The van der Waals surface area contributed by atoms with Crippen LogP contribution >= 0.6 is 0 Å². The number of rotatable bonds is 4. The van der Waals surface area contributed by atoms with Crippen molar-refractivity contribution in [1.82, 2.24) is 19.9 Å². The smallest absolute Gasteiger partial charge is 0.183 e. The zero-order chi connectivity index (χ0) is 27.9. The van der Waals surface area contributed by atoms with Gasteiger partial charge in [0.1, 0.15) is 5.69 Å². The third-order valence-corrected chi connectivity index (χ3v) is 7.76. The molecule has 2 aromatic heterocycles. The zero-order valence-electron chi connectivity index (χ0n) is 22.6. The summed E-state index contributed by atoms with van der Waals surface area (Å²) >= 11 is 0. The molecule has 0 aliphatic carbocycles. The summed E-state index contributed by atoms with van der Waals surface area (Å²) in [5, 5.41) is 6.82. The van der Waals surface area contributed by atoms with Crippen LogP contribution in [0.3, 0.4) is 0 Å². The number of hydrogen-bond acceptors (Lipinski definition) is 4. The average molecular weight is 537 g/mol. The normalized spacial score (nSPS) is 11.3. The van der Waals surface area contributed by atoms with E-state index in [9.17, 15) is 0 Å². The topological polar surface area (TPSA) is 51.6 Å². The second-order valence-corrected chi connectivity index (χ2v) is 10.3. The summed E-state index contributed by atoms with van der Waals surface area (Å²) in [5.41, 5.74) is 4.83. The number of pyridine rings is 1. The molecule has 8 aromatic rings. The monoisotopic (exact) mass is 536 g/mol. The molecule has 0 fully saturated rings. The maximum absolute atomic E-state index is 5.03. The SMILES string of the molecule is c1ccc(-c2nc(-c3ccc4ccccc4c3)nc(-c3ncc(-c4cccc5ccccc45)c4ccccc34)n2)cc1. The first-order valence-electron chi connectivity index (χ1n) is 14.0. The van der Waals surface area contributed by atoms with E-state index in [1.54, 1.807) is 0 Å². The number of fused-ring (bicyclic) bond motifs is 3. The molecule has 4 heteroatoms. The molecule has 0 spiro atoms. The van der Waals surface area contributed by atoms with Gasteiger partial charge in [-0.3, -0.25) is 4.98 Å². The van der Waals surface area contributed by atoms with Gasteiger partial charge in [-0.1, -0.05) is 133 Å². The van der Waals surface area contributed by atoms with Gasteiger partial charge in [0.15, 0.2) is 17.5 Å². The van der Waals surface area contributed by atoms with Crippen molar-refractivity contribution in [1.29, 1.82) is 0 Å². The maximum atomic E-state index is 5.03. The number of aromatic nitrogens is 4. The summed E-state index contributed by atoms with van der Waals surface area (Å²) in [6.07, 6.45) is 1.96. The third kappa shape index (κ3) is 4.18. The highest BCUT2D eigenvalue weighted by Gasteiger charge is 2.18. The van der Waals surface area contributed by atoms with Crippen LogP contribution in [0.25, 0.3) is 77.7 Å². The van der Waals surface area contributed by atoms with Gasteiger partial charge >= 0.3 is 0 Å². The van der Waals surface area contributed by atoms with E-state index in [-0.39, 0.29) is 0 Å². The Morgan fingerprint density at radius 2 is 0.976 bits per heavy atom. The van der Waals surface area contributed by atoms with Gasteiger partial charge in [0.05, 0.1) is 0 Å². The van der Waals surface area contributed by atoms with Crippen LogP contribution < -0.4 is 0 Å². The molecule has 2 heterocycles. The van der Waals surface area contributed by atoms with E-state index in [0.717, 1.165) is 44.1 Å². The van der Waals surface area contributed by atoms with Gasteiger partial charge in [-0.15, -0.1) is 0 Å². The van der Waals surface area contributed by atoms with Crippen molar-refractivity contribution in [3.05, 3.63) is 146 Å². The molecule has 0 N–H and O–H groups in total. The summed E-state index contributed by atoms with van der Waals surface area (Å²) in [7, 11) is 0. The highest BCUT2D eigenvalue weighted by molar-refractivity contribution is 6.08. The van der Waals surface area contributed by atoms with E-state index in [1.807, 2.05) is 48.7 Å². The molecule has 0 aliphatic heterocycles. The Labute approximate surface area is 243 Å². The number of hydrogen-bond donors (Lipinski definition) is 0. The lowest BCUT2D eigenvalue weighted by Gasteiger charge is -2.13. The molecule has 0 atom stereocenters. The van der Waals surface area contributed by atoms with Crippen molar-refractivity contribution >= 4 is 32.3 Å². The fourth-order valence-electron chi connectivity index (χ4n) is 5.70. The number of nitrogens with zero attached hydrogens (tertiary/aromatic N) is 4. The van der Waals surface area contributed by atoms with E-state index in [4.69, 9.17) is 19.9 Å². The highest BCUT2D eigenvalue weighted by atomic mass is 15.0. The lowest BCUT2D eigenvalue weighted by atomic mass is 9.95. The summed E-state index contributed by atoms with van der Waals surface area (Å²) in [6, 6.07) is 48.0. The van der Waals surface area contributed by atoms with Crippen LogP contribution in [0.2, 0.25) is 0 Å². The molecule has 6 aromatic carbocycles. The first-order chi connectivity index (χ1) is 20.8. The molecule has 0 saturated heterocycles. The summed E-state index contributed by atoms with van der Waals surface area (Å²) in [6.45, 7) is 0. The van der Waals surface area contributed by atoms with Gasteiger partial charge < -0.3 is 0 Å². The zero-order valence-corrected chi connectivity index (χ0v) is 22.6. The van der Waals surface area contributed by atoms with Crippen molar-refractivity contribution in [3.63, 3.8) is 0 Å². The third-order valence-electron chi connectivity index (χ3n) is 7.76. The summed E-state index contributed by atoms with van der Waals surface area (Å²) in [5.74, 6) is 1.79. The lowest BCUT2D eigenvalue weighted by molar-refractivity contribution is 1.06.